The molecule has 0 aromatic carbocycles. The first-order valence-electron chi connectivity index (χ1n) is 5.35. The second-order valence-electron chi connectivity index (χ2n) is 4.12. The zero-order chi connectivity index (χ0) is 10.8. The summed E-state index contributed by atoms with van der Waals surface area (Å²) in [5.41, 5.74) is 0.434. The molecule has 2 rings (SSSR count). The lowest BCUT2D eigenvalue weighted by Crippen LogP contribution is -2.29. The first kappa shape index (κ1) is 10.4. The smallest absolute Gasteiger partial charge is 0.212 e. The Morgan fingerprint density at radius 3 is 3.00 bits per heavy atom. The van der Waals surface area contributed by atoms with Crippen molar-refractivity contribution >= 4 is 5.78 Å². The van der Waals surface area contributed by atoms with Gasteiger partial charge in [0.15, 0.2) is 5.78 Å². The molecule has 1 aliphatic heterocycles. The maximum absolute atomic E-state index is 11.1. The van der Waals surface area contributed by atoms with Crippen LogP contribution in [-0.4, -0.2) is 29.3 Å². The van der Waals surface area contributed by atoms with Crippen molar-refractivity contribution in [1.29, 1.82) is 0 Å². The predicted molar refractivity (Wildman–Crippen MR) is 55.7 cm³/mol. The van der Waals surface area contributed by atoms with Gasteiger partial charge in [-0.2, -0.15) is 0 Å². The normalized spacial score (nSPS) is 22.9. The summed E-state index contributed by atoms with van der Waals surface area (Å²) in [6, 6.07) is 0.242. The number of carbonyl (C=O) groups is 1. The largest absolute Gasteiger partial charge is 0.446 e. The zero-order valence-electron chi connectivity index (χ0n) is 9.19. The van der Waals surface area contributed by atoms with E-state index in [2.05, 4.69) is 16.9 Å². The van der Waals surface area contributed by atoms with Gasteiger partial charge in [0.25, 0.3) is 0 Å². The van der Waals surface area contributed by atoms with E-state index in [-0.39, 0.29) is 11.8 Å². The molecule has 82 valence electrons. The summed E-state index contributed by atoms with van der Waals surface area (Å²) in [7, 11) is 2.07. The molecule has 0 spiro atoms. The van der Waals surface area contributed by atoms with Crippen LogP contribution in [0.4, 0.5) is 0 Å². The molecule has 0 saturated carbocycles. The quantitative estimate of drug-likeness (QED) is 0.698. The molecule has 1 aromatic heterocycles. The van der Waals surface area contributed by atoms with Crippen LogP contribution in [0.3, 0.4) is 0 Å². The number of hydrogen-bond acceptors (Lipinski definition) is 4. The van der Waals surface area contributed by atoms with E-state index in [1.807, 2.05) is 0 Å². The molecule has 4 heteroatoms. The van der Waals surface area contributed by atoms with Crippen molar-refractivity contribution in [2.75, 3.05) is 13.6 Å². The van der Waals surface area contributed by atoms with Gasteiger partial charge in [0.2, 0.25) is 5.89 Å². The molecule has 0 amide bonds. The molecular formula is C11H16N2O2. The molecule has 0 aliphatic carbocycles. The second-order valence-corrected chi connectivity index (χ2v) is 4.12. The SMILES string of the molecule is CC(=O)c1coc(C2CCCCN2C)n1. The fourth-order valence-electron chi connectivity index (χ4n) is 1.99. The Bertz CT molecular complexity index is 359. The fraction of sp³-hybridized carbons (Fsp3) is 0.636. The van der Waals surface area contributed by atoms with Crippen LogP contribution in [0.25, 0.3) is 0 Å². The van der Waals surface area contributed by atoms with Crippen LogP contribution in [0.1, 0.15) is 48.6 Å². The van der Waals surface area contributed by atoms with E-state index in [1.165, 1.54) is 26.0 Å². The Morgan fingerprint density at radius 1 is 1.60 bits per heavy atom. The van der Waals surface area contributed by atoms with E-state index >= 15 is 0 Å². The van der Waals surface area contributed by atoms with Crippen LogP contribution in [0.2, 0.25) is 0 Å². The molecule has 15 heavy (non-hydrogen) atoms. The highest BCUT2D eigenvalue weighted by molar-refractivity contribution is 5.91. The monoisotopic (exact) mass is 208 g/mol. The van der Waals surface area contributed by atoms with Gasteiger partial charge in [-0.15, -0.1) is 0 Å². The topological polar surface area (TPSA) is 46.3 Å². The van der Waals surface area contributed by atoms with Crippen LogP contribution in [0, 0.1) is 0 Å². The zero-order valence-corrected chi connectivity index (χ0v) is 9.19. The van der Waals surface area contributed by atoms with Crippen molar-refractivity contribution in [2.45, 2.75) is 32.2 Å². The van der Waals surface area contributed by atoms with E-state index in [0.717, 1.165) is 13.0 Å². The van der Waals surface area contributed by atoms with E-state index in [1.54, 1.807) is 0 Å². The molecule has 1 fully saturated rings. The molecule has 4 nitrogen and oxygen atoms in total. The van der Waals surface area contributed by atoms with Crippen LogP contribution < -0.4 is 0 Å². The third-order valence-corrected chi connectivity index (χ3v) is 2.94. The standard InChI is InChI=1S/C11H16N2O2/c1-8(14)9-7-15-11(12-9)10-5-3-4-6-13(10)2/h7,10H,3-6H2,1-2H3. The number of rotatable bonds is 2. The number of piperidine rings is 1. The van der Waals surface area contributed by atoms with Gasteiger partial charge in [-0.3, -0.25) is 9.69 Å². The molecule has 2 heterocycles. The third-order valence-electron chi connectivity index (χ3n) is 2.94. The lowest BCUT2D eigenvalue weighted by molar-refractivity contribution is 0.101. The number of carbonyl (C=O) groups excluding carboxylic acids is 1. The van der Waals surface area contributed by atoms with Crippen molar-refractivity contribution in [2.24, 2.45) is 0 Å². The van der Waals surface area contributed by atoms with E-state index in [0.29, 0.717) is 11.6 Å². The van der Waals surface area contributed by atoms with Gasteiger partial charge in [-0.05, 0) is 26.4 Å². The van der Waals surface area contributed by atoms with Crippen LogP contribution in [0.15, 0.2) is 10.7 Å². The van der Waals surface area contributed by atoms with E-state index < -0.39 is 0 Å². The van der Waals surface area contributed by atoms with Gasteiger partial charge in [0.1, 0.15) is 12.0 Å². The number of likely N-dealkylation sites (tertiary alicyclic amines) is 1. The molecule has 1 atom stereocenters. The lowest BCUT2D eigenvalue weighted by Gasteiger charge is -2.29. The van der Waals surface area contributed by atoms with Crippen molar-refractivity contribution in [1.82, 2.24) is 9.88 Å². The highest BCUT2D eigenvalue weighted by atomic mass is 16.3. The molecule has 0 radical (unpaired) electrons. The Labute approximate surface area is 89.3 Å². The van der Waals surface area contributed by atoms with Crippen LogP contribution in [0.5, 0.6) is 0 Å². The van der Waals surface area contributed by atoms with Gasteiger partial charge >= 0.3 is 0 Å². The highest BCUT2D eigenvalue weighted by Crippen LogP contribution is 2.28. The van der Waals surface area contributed by atoms with E-state index in [9.17, 15) is 4.79 Å². The van der Waals surface area contributed by atoms with Gasteiger partial charge in [-0.25, -0.2) is 4.98 Å². The van der Waals surface area contributed by atoms with Crippen LogP contribution >= 0.6 is 0 Å². The average molecular weight is 208 g/mol. The average Bonchev–Trinajstić information content (AvgIpc) is 2.67. The number of nitrogens with zero attached hydrogens (tertiary/aromatic N) is 2. The Hall–Kier alpha value is -1.16. The predicted octanol–water partition coefficient (Wildman–Crippen LogP) is 2.03. The van der Waals surface area contributed by atoms with Crippen molar-refractivity contribution in [3.05, 3.63) is 17.8 Å². The minimum absolute atomic E-state index is 0.0385. The number of oxazole rings is 1. The second kappa shape index (κ2) is 4.14. The van der Waals surface area contributed by atoms with Crippen molar-refractivity contribution in [3.63, 3.8) is 0 Å². The minimum atomic E-state index is -0.0385. The van der Waals surface area contributed by atoms with Crippen LogP contribution in [-0.2, 0) is 0 Å². The molecule has 1 unspecified atom stereocenters. The lowest BCUT2D eigenvalue weighted by atomic mass is 10.0. The number of Topliss-reactive ketones (excluding diaryl/α,β-unsaturated/α-hetero) is 1. The van der Waals surface area contributed by atoms with Crippen molar-refractivity contribution in [3.8, 4) is 0 Å². The Balaban J connectivity index is 2.17. The van der Waals surface area contributed by atoms with Crippen molar-refractivity contribution < 1.29 is 9.21 Å². The van der Waals surface area contributed by atoms with Gasteiger partial charge < -0.3 is 4.42 Å². The number of hydrogen-bond donors (Lipinski definition) is 0. The summed E-state index contributed by atoms with van der Waals surface area (Å²) in [5.74, 6) is 0.644. The van der Waals surface area contributed by atoms with Gasteiger partial charge in [0.05, 0.1) is 6.04 Å². The molecule has 1 saturated heterocycles. The summed E-state index contributed by atoms with van der Waals surface area (Å²) in [6.45, 7) is 2.58. The third kappa shape index (κ3) is 2.09. The first-order chi connectivity index (χ1) is 7.18. The van der Waals surface area contributed by atoms with E-state index in [4.69, 9.17) is 4.42 Å². The summed E-state index contributed by atoms with van der Waals surface area (Å²) in [4.78, 5) is 17.5. The van der Waals surface area contributed by atoms with Gasteiger partial charge in [-0.1, -0.05) is 6.42 Å². The number of ketones is 1. The summed E-state index contributed by atoms with van der Waals surface area (Å²) < 4.78 is 5.36. The maximum atomic E-state index is 11.1. The molecule has 0 bridgehead atoms. The molecule has 1 aromatic rings. The van der Waals surface area contributed by atoms with Gasteiger partial charge in [0, 0.05) is 6.92 Å². The minimum Gasteiger partial charge on any atom is -0.446 e. The Kier molecular flexibility index (Phi) is 2.86. The maximum Gasteiger partial charge on any atom is 0.212 e. The molecule has 0 N–H and O–H groups in total. The highest BCUT2D eigenvalue weighted by Gasteiger charge is 2.25. The summed E-state index contributed by atoms with van der Waals surface area (Å²) in [6.07, 6.45) is 4.95. The first-order valence-corrected chi connectivity index (χ1v) is 5.35. The summed E-state index contributed by atoms with van der Waals surface area (Å²) in [5, 5.41) is 0. The molecule has 1 aliphatic rings. The fourth-order valence-corrected chi connectivity index (χ4v) is 1.99. The summed E-state index contributed by atoms with van der Waals surface area (Å²) >= 11 is 0. The molecular weight excluding hydrogens is 192 g/mol. The Morgan fingerprint density at radius 2 is 2.40 bits per heavy atom. The number of aromatic nitrogens is 1.